The van der Waals surface area contributed by atoms with Crippen LogP contribution in [0.5, 0.6) is 0 Å². The maximum atomic E-state index is 12.2. The quantitative estimate of drug-likeness (QED) is 0.240. The molecule has 0 aliphatic heterocycles. The Morgan fingerprint density at radius 3 is 2.58 bits per heavy atom. The number of amides is 1. The van der Waals surface area contributed by atoms with Crippen molar-refractivity contribution in [2.75, 3.05) is 6.54 Å². The number of hydrazone groups is 1. The molecule has 1 fully saturated rings. The molecule has 6 heteroatoms. The van der Waals surface area contributed by atoms with Crippen LogP contribution in [-0.4, -0.2) is 38.8 Å². The van der Waals surface area contributed by atoms with E-state index in [-0.39, 0.29) is 11.8 Å². The number of hydrogen-bond donors (Lipinski definition) is 2. The molecule has 0 radical (unpaired) electrons. The Labute approximate surface area is 158 Å². The number of rotatable bonds is 7. The van der Waals surface area contributed by atoms with E-state index in [2.05, 4.69) is 15.8 Å². The minimum atomic E-state index is 0.224. The number of benzene rings is 1. The molecule has 1 aromatic carbocycles. The second-order valence-electron chi connectivity index (χ2n) is 6.13. The normalized spacial score (nSPS) is 15.8. The third-order valence-corrected chi connectivity index (χ3v) is 4.64. The van der Waals surface area contributed by atoms with E-state index < -0.39 is 0 Å². The molecular weight excluding hydrogens is 381 g/mol. The van der Waals surface area contributed by atoms with Crippen molar-refractivity contribution in [3.63, 3.8) is 0 Å². The molecule has 1 aliphatic rings. The average molecular weight is 407 g/mol. The summed E-state index contributed by atoms with van der Waals surface area (Å²) < 4.78 is 0.710. The first-order valence-corrected chi connectivity index (χ1v) is 10.2. The molecule has 1 aliphatic carbocycles. The first-order chi connectivity index (χ1) is 11.7. The number of nitrogens with zero attached hydrogens (tertiary/aromatic N) is 1. The van der Waals surface area contributed by atoms with Crippen LogP contribution in [0.3, 0.4) is 0 Å². The van der Waals surface area contributed by atoms with Gasteiger partial charge in [0, 0.05) is 0 Å². The summed E-state index contributed by atoms with van der Waals surface area (Å²) in [5.41, 5.74) is 4.97. The Morgan fingerprint density at radius 2 is 1.92 bits per heavy atom. The number of nitrogens with one attached hydrogen (secondary N) is 2. The third kappa shape index (κ3) is 6.74. The van der Waals surface area contributed by atoms with Gasteiger partial charge in [0.25, 0.3) is 0 Å². The van der Waals surface area contributed by atoms with Crippen molar-refractivity contribution in [2.45, 2.75) is 44.9 Å². The third-order valence-electron chi connectivity index (χ3n) is 4.27. The summed E-state index contributed by atoms with van der Waals surface area (Å²) in [6, 6.07) is 10.1. The Kier molecular flexibility index (Phi) is 8.47. The van der Waals surface area contributed by atoms with E-state index in [0.29, 0.717) is 10.3 Å². The monoisotopic (exact) mass is 407 g/mol. The zero-order valence-corrected chi connectivity index (χ0v) is 17.2. The molecule has 0 saturated heterocycles. The molecule has 2 N–H and O–H groups in total. The van der Waals surface area contributed by atoms with Gasteiger partial charge in [0.15, 0.2) is 0 Å². The molecule has 1 saturated carbocycles. The van der Waals surface area contributed by atoms with Gasteiger partial charge in [0.1, 0.15) is 0 Å². The van der Waals surface area contributed by atoms with Crippen LogP contribution in [0.1, 0.15) is 50.5 Å². The number of hydrogen-bond acceptors (Lipinski definition) is 3. The predicted molar refractivity (Wildman–Crippen MR) is 106 cm³/mol. The number of thiocarbonyl (C=S) groups is 1. The second kappa shape index (κ2) is 10.6. The van der Waals surface area contributed by atoms with Crippen LogP contribution in [0.15, 0.2) is 35.4 Å². The van der Waals surface area contributed by atoms with Gasteiger partial charge in [-0.05, 0) is 0 Å². The molecule has 130 valence electrons. The first kappa shape index (κ1) is 19.1. The predicted octanol–water partition coefficient (Wildman–Crippen LogP) is 2.38. The van der Waals surface area contributed by atoms with E-state index in [1.807, 2.05) is 30.3 Å². The van der Waals surface area contributed by atoms with Crippen LogP contribution >= 0.6 is 12.2 Å². The van der Waals surface area contributed by atoms with Crippen molar-refractivity contribution in [3.8, 4) is 0 Å². The first-order valence-electron chi connectivity index (χ1n) is 8.62. The van der Waals surface area contributed by atoms with Crippen LogP contribution in [0, 0.1) is 5.92 Å². The fourth-order valence-electron chi connectivity index (χ4n) is 2.99. The Hall–Kier alpha value is -1.19. The van der Waals surface area contributed by atoms with E-state index in [1.165, 1.54) is 36.1 Å². The van der Waals surface area contributed by atoms with E-state index in [0.717, 1.165) is 37.0 Å². The van der Waals surface area contributed by atoms with E-state index in [9.17, 15) is 4.79 Å². The fourth-order valence-corrected chi connectivity index (χ4v) is 3.18. The summed E-state index contributed by atoms with van der Waals surface area (Å²) in [4.78, 5) is 12.2. The van der Waals surface area contributed by atoms with Gasteiger partial charge in [-0.1, -0.05) is 6.42 Å². The van der Waals surface area contributed by atoms with Crippen molar-refractivity contribution in [1.29, 1.82) is 0 Å². The minimum absolute atomic E-state index is 0.224. The fraction of sp³-hybridized carbons (Fsp3) is 0.500. The topological polar surface area (TPSA) is 53.5 Å². The molecule has 0 heterocycles. The van der Waals surface area contributed by atoms with Crippen LogP contribution in [0.2, 0.25) is 0 Å². The second-order valence-corrected chi connectivity index (χ2v) is 8.66. The molecule has 1 aromatic rings. The van der Waals surface area contributed by atoms with Crippen LogP contribution in [0.25, 0.3) is 0 Å². The SMILES string of the molecule is O=C(NCCCC(=NNC(=S)[AsH2])c1ccccc1)C1CCCCC1. The molecule has 1 atom stereocenters. The summed E-state index contributed by atoms with van der Waals surface area (Å²) in [5, 5.41) is 7.52. The summed E-state index contributed by atoms with van der Waals surface area (Å²) in [6.45, 7) is 0.696. The molecule has 2 rings (SSSR count). The zero-order valence-electron chi connectivity index (χ0n) is 14.0. The summed E-state index contributed by atoms with van der Waals surface area (Å²) in [7, 11) is 0. The Bertz CT molecular complexity index is 571. The van der Waals surface area contributed by atoms with Crippen molar-refractivity contribution in [3.05, 3.63) is 35.9 Å². The maximum absolute atomic E-state index is 12.2. The molecule has 0 spiro atoms. The van der Waals surface area contributed by atoms with Crippen LogP contribution in [-0.2, 0) is 4.79 Å². The van der Waals surface area contributed by atoms with Gasteiger partial charge in [-0.15, -0.1) is 0 Å². The van der Waals surface area contributed by atoms with Crippen molar-refractivity contribution < 1.29 is 4.79 Å². The van der Waals surface area contributed by atoms with Crippen molar-refractivity contribution >= 4 is 44.5 Å². The number of carbonyl (C=O) groups is 1. The van der Waals surface area contributed by atoms with Crippen LogP contribution in [0.4, 0.5) is 0 Å². The van der Waals surface area contributed by atoms with Gasteiger partial charge in [0.2, 0.25) is 0 Å². The molecule has 4 nitrogen and oxygen atoms in total. The zero-order chi connectivity index (χ0) is 17.2. The average Bonchev–Trinajstić information content (AvgIpc) is 2.62. The standard InChI is InChI=1S/C18H26AsN3OS/c19-18(24)22-21-16(14-8-3-1-4-9-14)12-7-13-20-17(23)15-10-5-2-6-11-15/h1,3-4,8-9,15H,2,5-7,10-13,19H2,(H,20,23)(H,22,24). The van der Waals surface area contributed by atoms with Gasteiger partial charge >= 0.3 is 152 Å². The van der Waals surface area contributed by atoms with E-state index in [4.69, 9.17) is 12.2 Å². The van der Waals surface area contributed by atoms with Gasteiger partial charge in [-0.25, -0.2) is 0 Å². The van der Waals surface area contributed by atoms with Crippen molar-refractivity contribution in [1.82, 2.24) is 10.7 Å². The molecule has 24 heavy (non-hydrogen) atoms. The summed E-state index contributed by atoms with van der Waals surface area (Å²) in [5.74, 6) is 0.450. The van der Waals surface area contributed by atoms with Gasteiger partial charge in [-0.2, -0.15) is 0 Å². The molecule has 1 amide bonds. The molecule has 0 bridgehead atoms. The summed E-state index contributed by atoms with van der Waals surface area (Å²) >= 11 is 6.41. The Morgan fingerprint density at radius 1 is 1.21 bits per heavy atom. The van der Waals surface area contributed by atoms with E-state index >= 15 is 0 Å². The van der Waals surface area contributed by atoms with Crippen molar-refractivity contribution in [2.24, 2.45) is 11.0 Å². The number of carbonyl (C=O) groups excluding carboxylic acids is 1. The van der Waals surface area contributed by atoms with Gasteiger partial charge < -0.3 is 0 Å². The van der Waals surface area contributed by atoms with E-state index in [1.54, 1.807) is 0 Å². The Balaban J connectivity index is 1.81. The molecular formula is C18H26AsN3OS. The summed E-state index contributed by atoms with van der Waals surface area (Å²) in [6.07, 6.45) is 7.41. The van der Waals surface area contributed by atoms with Gasteiger partial charge in [-0.3, -0.25) is 0 Å². The van der Waals surface area contributed by atoms with Gasteiger partial charge in [0.05, 0.1) is 0 Å². The molecule has 1 unspecified atom stereocenters. The molecule has 0 aromatic heterocycles. The van der Waals surface area contributed by atoms with Crippen LogP contribution < -0.4 is 10.7 Å².